The highest BCUT2D eigenvalue weighted by molar-refractivity contribution is 7.22. The van der Waals surface area contributed by atoms with Crippen LogP contribution in [0, 0.1) is 0 Å². The van der Waals surface area contributed by atoms with Crippen LogP contribution in [0.25, 0.3) is 10.2 Å². The zero-order valence-electron chi connectivity index (χ0n) is 16.7. The smallest absolute Gasteiger partial charge is 0.243 e. The summed E-state index contributed by atoms with van der Waals surface area (Å²) in [5.74, 6) is 2.08. The standard InChI is InChI=1S/C23H21N3O3S/c1-26(23-25-22-19(28-2)9-6-10-20(22)30-23)15-21(27)24-16-11-13-18(14-12-16)29-17-7-4-3-5-8-17/h3-14H,15H2,1-2H3,(H,24,27). The topological polar surface area (TPSA) is 63.7 Å². The van der Waals surface area contributed by atoms with E-state index in [2.05, 4.69) is 10.3 Å². The fourth-order valence-electron chi connectivity index (χ4n) is 2.95. The van der Waals surface area contributed by atoms with Crippen molar-refractivity contribution in [2.75, 3.05) is 30.9 Å². The van der Waals surface area contributed by atoms with Crippen LogP contribution in [0.1, 0.15) is 0 Å². The third kappa shape index (κ3) is 4.52. The van der Waals surface area contributed by atoms with E-state index in [1.54, 1.807) is 7.11 Å². The van der Waals surface area contributed by atoms with Crippen LogP contribution in [0.5, 0.6) is 17.2 Å². The molecule has 1 aromatic heterocycles. The minimum Gasteiger partial charge on any atom is -0.494 e. The number of hydrogen-bond donors (Lipinski definition) is 1. The number of para-hydroxylation sites is 2. The molecule has 3 aromatic carbocycles. The molecular formula is C23H21N3O3S. The molecule has 0 unspecified atom stereocenters. The molecule has 0 aliphatic rings. The summed E-state index contributed by atoms with van der Waals surface area (Å²) in [5.41, 5.74) is 1.51. The van der Waals surface area contributed by atoms with Crippen molar-refractivity contribution < 1.29 is 14.3 Å². The normalized spacial score (nSPS) is 10.6. The molecule has 4 aromatic rings. The quantitative estimate of drug-likeness (QED) is 0.448. The first-order valence-electron chi connectivity index (χ1n) is 9.40. The Kier molecular flexibility index (Phi) is 5.81. The van der Waals surface area contributed by atoms with Crippen LogP contribution in [0.2, 0.25) is 0 Å². The van der Waals surface area contributed by atoms with Gasteiger partial charge in [0.25, 0.3) is 0 Å². The highest BCUT2D eigenvalue weighted by Gasteiger charge is 2.14. The number of anilines is 2. The monoisotopic (exact) mass is 419 g/mol. The molecule has 7 heteroatoms. The number of methoxy groups -OCH3 is 1. The van der Waals surface area contributed by atoms with Crippen LogP contribution in [0.3, 0.4) is 0 Å². The second-order valence-electron chi connectivity index (χ2n) is 6.65. The number of hydrogen-bond acceptors (Lipinski definition) is 6. The van der Waals surface area contributed by atoms with Gasteiger partial charge in [0.15, 0.2) is 5.13 Å². The van der Waals surface area contributed by atoms with Crippen molar-refractivity contribution in [2.45, 2.75) is 0 Å². The molecule has 152 valence electrons. The summed E-state index contributed by atoms with van der Waals surface area (Å²) in [4.78, 5) is 18.9. The predicted molar refractivity (Wildman–Crippen MR) is 121 cm³/mol. The summed E-state index contributed by atoms with van der Waals surface area (Å²) >= 11 is 1.52. The van der Waals surface area contributed by atoms with Crippen LogP contribution >= 0.6 is 11.3 Å². The number of likely N-dealkylation sites (N-methyl/N-ethyl adjacent to an activating group) is 1. The number of nitrogens with zero attached hydrogens (tertiary/aromatic N) is 2. The van der Waals surface area contributed by atoms with Crippen LogP contribution in [-0.2, 0) is 4.79 Å². The Morgan fingerprint density at radius 3 is 2.47 bits per heavy atom. The van der Waals surface area contributed by atoms with Crippen molar-refractivity contribution in [1.29, 1.82) is 0 Å². The molecule has 0 bridgehead atoms. The Labute approximate surface area is 178 Å². The Balaban J connectivity index is 1.37. The first-order chi connectivity index (χ1) is 14.6. The minimum absolute atomic E-state index is 0.125. The number of carbonyl (C=O) groups is 1. The molecule has 0 fully saturated rings. The lowest BCUT2D eigenvalue weighted by molar-refractivity contribution is -0.114. The number of aromatic nitrogens is 1. The van der Waals surface area contributed by atoms with E-state index >= 15 is 0 Å². The molecule has 0 aliphatic heterocycles. The molecule has 1 N–H and O–H groups in total. The number of benzene rings is 3. The van der Waals surface area contributed by atoms with E-state index in [1.807, 2.05) is 84.7 Å². The summed E-state index contributed by atoms with van der Waals surface area (Å²) in [6, 6.07) is 22.6. The maximum Gasteiger partial charge on any atom is 0.243 e. The van der Waals surface area contributed by atoms with Crippen molar-refractivity contribution in [3.63, 3.8) is 0 Å². The lowest BCUT2D eigenvalue weighted by atomic mass is 10.3. The van der Waals surface area contributed by atoms with Crippen molar-refractivity contribution in [3.8, 4) is 17.2 Å². The number of carbonyl (C=O) groups excluding carboxylic acids is 1. The largest absolute Gasteiger partial charge is 0.494 e. The van der Waals surface area contributed by atoms with Crippen molar-refractivity contribution in [1.82, 2.24) is 4.98 Å². The number of nitrogens with one attached hydrogen (secondary N) is 1. The summed E-state index contributed by atoms with van der Waals surface area (Å²) in [6.07, 6.45) is 0. The van der Waals surface area contributed by atoms with Gasteiger partial charge in [-0.15, -0.1) is 0 Å². The lowest BCUT2D eigenvalue weighted by Gasteiger charge is -2.15. The highest BCUT2D eigenvalue weighted by atomic mass is 32.1. The van der Waals surface area contributed by atoms with Gasteiger partial charge in [-0.25, -0.2) is 4.98 Å². The minimum atomic E-state index is -0.125. The molecule has 0 radical (unpaired) electrons. The van der Waals surface area contributed by atoms with Gasteiger partial charge in [0.1, 0.15) is 22.8 Å². The van der Waals surface area contributed by atoms with Gasteiger partial charge in [-0.05, 0) is 48.5 Å². The lowest BCUT2D eigenvalue weighted by Crippen LogP contribution is -2.29. The fourth-order valence-corrected chi connectivity index (χ4v) is 3.90. The third-order valence-electron chi connectivity index (χ3n) is 4.41. The van der Waals surface area contributed by atoms with E-state index in [9.17, 15) is 4.79 Å². The maximum atomic E-state index is 12.5. The first-order valence-corrected chi connectivity index (χ1v) is 10.2. The highest BCUT2D eigenvalue weighted by Crippen LogP contribution is 2.33. The van der Waals surface area contributed by atoms with E-state index in [4.69, 9.17) is 9.47 Å². The Morgan fingerprint density at radius 1 is 1.00 bits per heavy atom. The molecular weight excluding hydrogens is 398 g/mol. The average Bonchev–Trinajstić information content (AvgIpc) is 3.20. The van der Waals surface area contributed by atoms with Crippen molar-refractivity contribution >= 4 is 38.3 Å². The molecule has 4 rings (SSSR count). The number of ether oxygens (including phenoxy) is 2. The van der Waals surface area contributed by atoms with Gasteiger partial charge >= 0.3 is 0 Å². The average molecular weight is 420 g/mol. The summed E-state index contributed by atoms with van der Waals surface area (Å²) in [5, 5.41) is 3.67. The molecule has 0 saturated carbocycles. The Hall–Kier alpha value is -3.58. The molecule has 1 heterocycles. The molecule has 0 spiro atoms. The van der Waals surface area contributed by atoms with E-state index in [0.717, 1.165) is 26.8 Å². The second kappa shape index (κ2) is 8.84. The second-order valence-corrected chi connectivity index (χ2v) is 7.66. The molecule has 0 saturated heterocycles. The predicted octanol–water partition coefficient (Wildman–Crippen LogP) is 5.17. The van der Waals surface area contributed by atoms with E-state index in [-0.39, 0.29) is 12.5 Å². The fraction of sp³-hybridized carbons (Fsp3) is 0.130. The van der Waals surface area contributed by atoms with Gasteiger partial charge in [-0.2, -0.15) is 0 Å². The maximum absolute atomic E-state index is 12.5. The zero-order chi connectivity index (χ0) is 20.9. The van der Waals surface area contributed by atoms with Crippen molar-refractivity contribution in [3.05, 3.63) is 72.8 Å². The van der Waals surface area contributed by atoms with Crippen LogP contribution in [0.15, 0.2) is 72.8 Å². The van der Waals surface area contributed by atoms with Gasteiger partial charge in [0, 0.05) is 12.7 Å². The van der Waals surface area contributed by atoms with E-state index in [0.29, 0.717) is 11.4 Å². The number of thiazole rings is 1. The van der Waals surface area contributed by atoms with Crippen LogP contribution < -0.4 is 19.7 Å². The van der Waals surface area contributed by atoms with Gasteiger partial charge in [0.05, 0.1) is 18.4 Å². The number of fused-ring (bicyclic) bond motifs is 1. The van der Waals surface area contributed by atoms with E-state index < -0.39 is 0 Å². The molecule has 0 aliphatic carbocycles. The molecule has 6 nitrogen and oxygen atoms in total. The SMILES string of the molecule is COc1cccc2sc(N(C)CC(=O)Nc3ccc(Oc4ccccc4)cc3)nc12. The van der Waals surface area contributed by atoms with Gasteiger partial charge in [-0.1, -0.05) is 35.6 Å². The molecule has 30 heavy (non-hydrogen) atoms. The number of amides is 1. The van der Waals surface area contributed by atoms with Crippen molar-refractivity contribution in [2.24, 2.45) is 0 Å². The first kappa shape index (κ1) is 19.7. The third-order valence-corrected chi connectivity index (χ3v) is 5.55. The zero-order valence-corrected chi connectivity index (χ0v) is 17.5. The summed E-state index contributed by atoms with van der Waals surface area (Å²) < 4.78 is 12.2. The molecule has 0 atom stereocenters. The Bertz CT molecular complexity index is 1140. The number of rotatable bonds is 7. The van der Waals surface area contributed by atoms with Crippen LogP contribution in [0.4, 0.5) is 10.8 Å². The van der Waals surface area contributed by atoms with Gasteiger partial charge in [-0.3, -0.25) is 4.79 Å². The van der Waals surface area contributed by atoms with Gasteiger partial charge in [0.2, 0.25) is 5.91 Å². The van der Waals surface area contributed by atoms with Crippen LogP contribution in [-0.4, -0.2) is 31.6 Å². The molecule has 1 amide bonds. The summed E-state index contributed by atoms with van der Waals surface area (Å²) in [6.45, 7) is 0.185. The van der Waals surface area contributed by atoms with Gasteiger partial charge < -0.3 is 19.7 Å². The van der Waals surface area contributed by atoms with E-state index in [1.165, 1.54) is 11.3 Å². The Morgan fingerprint density at radius 2 is 1.73 bits per heavy atom. The summed E-state index contributed by atoms with van der Waals surface area (Å²) in [7, 11) is 3.47.